The van der Waals surface area contributed by atoms with Crippen LogP contribution >= 0.6 is 11.3 Å². The van der Waals surface area contributed by atoms with Crippen molar-refractivity contribution in [2.75, 3.05) is 12.4 Å². The van der Waals surface area contributed by atoms with Gasteiger partial charge >= 0.3 is 0 Å². The van der Waals surface area contributed by atoms with E-state index in [-0.39, 0.29) is 5.91 Å². The first-order chi connectivity index (χ1) is 11.7. The molecule has 1 amide bonds. The maximum atomic E-state index is 12.3. The molecule has 0 spiro atoms. The molecule has 0 fully saturated rings. The minimum atomic E-state index is -0.0970. The van der Waals surface area contributed by atoms with Gasteiger partial charge in [-0.05, 0) is 48.9 Å². The number of rotatable bonds is 6. The summed E-state index contributed by atoms with van der Waals surface area (Å²) in [5.74, 6) is 0.749. The van der Waals surface area contributed by atoms with Crippen LogP contribution in [0.2, 0.25) is 0 Å². The van der Waals surface area contributed by atoms with Gasteiger partial charge in [-0.3, -0.25) is 9.89 Å². The molecule has 3 rings (SSSR count). The molecule has 0 bridgehead atoms. The molecule has 0 saturated heterocycles. The Kier molecular flexibility index (Phi) is 4.96. The lowest BCUT2D eigenvalue weighted by molar-refractivity contribution is 0.103. The number of carbonyl (C=O) groups excluding carboxylic acids is 1. The Bertz CT molecular complexity index is 807. The SMILES string of the molecule is COc1ccc(CCc2n[nH]c(C)c2NC(=O)c2cccs2)cc1. The summed E-state index contributed by atoms with van der Waals surface area (Å²) in [5.41, 5.74) is 3.71. The van der Waals surface area contributed by atoms with Crippen LogP contribution in [0.3, 0.4) is 0 Å². The highest BCUT2D eigenvalue weighted by Gasteiger charge is 2.15. The lowest BCUT2D eigenvalue weighted by atomic mass is 10.1. The molecule has 0 saturated carbocycles. The minimum Gasteiger partial charge on any atom is -0.497 e. The van der Waals surface area contributed by atoms with E-state index in [1.165, 1.54) is 16.9 Å². The van der Waals surface area contributed by atoms with Gasteiger partial charge in [0.05, 0.1) is 29.1 Å². The van der Waals surface area contributed by atoms with Gasteiger partial charge in [-0.1, -0.05) is 18.2 Å². The van der Waals surface area contributed by atoms with Gasteiger partial charge in [0.25, 0.3) is 5.91 Å². The Balaban J connectivity index is 1.69. The van der Waals surface area contributed by atoms with Gasteiger partial charge in [0.2, 0.25) is 0 Å². The van der Waals surface area contributed by atoms with Crippen LogP contribution in [0.1, 0.15) is 26.6 Å². The average molecular weight is 341 g/mol. The van der Waals surface area contributed by atoms with Crippen LogP contribution in [0.15, 0.2) is 41.8 Å². The van der Waals surface area contributed by atoms with Crippen molar-refractivity contribution in [2.24, 2.45) is 0 Å². The van der Waals surface area contributed by atoms with Crippen molar-refractivity contribution in [3.05, 3.63) is 63.6 Å². The van der Waals surface area contributed by atoms with E-state index in [0.717, 1.165) is 35.7 Å². The molecule has 0 aliphatic carbocycles. The predicted octanol–water partition coefficient (Wildman–Crippen LogP) is 3.83. The van der Waals surface area contributed by atoms with Crippen LogP contribution in [0.25, 0.3) is 0 Å². The molecule has 0 unspecified atom stereocenters. The van der Waals surface area contributed by atoms with Crippen LogP contribution in [-0.2, 0) is 12.8 Å². The van der Waals surface area contributed by atoms with E-state index in [9.17, 15) is 4.79 Å². The number of anilines is 1. The van der Waals surface area contributed by atoms with Gasteiger partial charge in [-0.2, -0.15) is 5.10 Å². The van der Waals surface area contributed by atoms with Crippen molar-refractivity contribution in [1.29, 1.82) is 0 Å². The molecule has 0 aliphatic heterocycles. The summed E-state index contributed by atoms with van der Waals surface area (Å²) in [6, 6.07) is 11.7. The highest BCUT2D eigenvalue weighted by Crippen LogP contribution is 2.22. The van der Waals surface area contributed by atoms with Crippen molar-refractivity contribution in [3.8, 4) is 5.75 Å². The fourth-order valence-electron chi connectivity index (χ4n) is 2.46. The number of carbonyl (C=O) groups is 1. The van der Waals surface area contributed by atoms with Crippen LogP contribution in [0.5, 0.6) is 5.75 Å². The summed E-state index contributed by atoms with van der Waals surface area (Å²) in [6.45, 7) is 1.91. The van der Waals surface area contributed by atoms with Crippen LogP contribution < -0.4 is 10.1 Å². The largest absolute Gasteiger partial charge is 0.497 e. The van der Waals surface area contributed by atoms with Gasteiger partial charge in [0.15, 0.2) is 0 Å². The first kappa shape index (κ1) is 16.3. The normalized spacial score (nSPS) is 10.6. The van der Waals surface area contributed by atoms with Crippen molar-refractivity contribution in [1.82, 2.24) is 10.2 Å². The molecule has 124 valence electrons. The second kappa shape index (κ2) is 7.31. The van der Waals surface area contributed by atoms with Gasteiger partial charge < -0.3 is 10.1 Å². The Morgan fingerprint density at radius 1 is 1.25 bits per heavy atom. The molecule has 2 heterocycles. The smallest absolute Gasteiger partial charge is 0.265 e. The standard InChI is InChI=1S/C18H19N3O2S/c1-12-17(19-18(22)16-4-3-11-24-16)15(21-20-12)10-7-13-5-8-14(23-2)9-6-13/h3-6,8-9,11H,7,10H2,1-2H3,(H,19,22)(H,20,21). The summed E-state index contributed by atoms with van der Waals surface area (Å²) >= 11 is 1.42. The summed E-state index contributed by atoms with van der Waals surface area (Å²) in [5, 5.41) is 12.2. The number of hydrogen-bond donors (Lipinski definition) is 2. The summed E-state index contributed by atoms with van der Waals surface area (Å²) in [7, 11) is 1.66. The molecule has 2 N–H and O–H groups in total. The van der Waals surface area contributed by atoms with E-state index in [0.29, 0.717) is 4.88 Å². The Morgan fingerprint density at radius 3 is 2.71 bits per heavy atom. The Labute approximate surface area is 144 Å². The minimum absolute atomic E-state index is 0.0970. The third-order valence-corrected chi connectivity index (χ3v) is 4.68. The number of benzene rings is 1. The number of thiophene rings is 1. The van der Waals surface area contributed by atoms with E-state index in [2.05, 4.69) is 15.5 Å². The van der Waals surface area contributed by atoms with Gasteiger partial charge in [0.1, 0.15) is 5.75 Å². The number of amides is 1. The van der Waals surface area contributed by atoms with E-state index in [1.54, 1.807) is 7.11 Å². The first-order valence-electron chi connectivity index (χ1n) is 7.69. The zero-order chi connectivity index (χ0) is 16.9. The van der Waals surface area contributed by atoms with Gasteiger partial charge in [-0.25, -0.2) is 0 Å². The fourth-order valence-corrected chi connectivity index (χ4v) is 3.08. The maximum Gasteiger partial charge on any atom is 0.265 e. The summed E-state index contributed by atoms with van der Waals surface area (Å²) in [4.78, 5) is 13.0. The van der Waals surface area contributed by atoms with Crippen molar-refractivity contribution >= 4 is 22.9 Å². The molecule has 1 aromatic carbocycles. The van der Waals surface area contributed by atoms with E-state index < -0.39 is 0 Å². The molecule has 24 heavy (non-hydrogen) atoms. The molecular formula is C18H19N3O2S. The zero-order valence-electron chi connectivity index (χ0n) is 13.6. The highest BCUT2D eigenvalue weighted by atomic mass is 32.1. The first-order valence-corrected chi connectivity index (χ1v) is 8.57. The van der Waals surface area contributed by atoms with Crippen LogP contribution in [-0.4, -0.2) is 23.2 Å². The monoisotopic (exact) mass is 341 g/mol. The summed E-state index contributed by atoms with van der Waals surface area (Å²) in [6.07, 6.45) is 1.59. The maximum absolute atomic E-state index is 12.3. The fraction of sp³-hybridized carbons (Fsp3) is 0.222. The van der Waals surface area contributed by atoms with Crippen molar-refractivity contribution in [2.45, 2.75) is 19.8 Å². The van der Waals surface area contributed by atoms with Crippen molar-refractivity contribution < 1.29 is 9.53 Å². The van der Waals surface area contributed by atoms with Gasteiger partial charge in [0, 0.05) is 0 Å². The molecule has 5 nitrogen and oxygen atoms in total. The number of hydrogen-bond acceptors (Lipinski definition) is 4. The molecule has 2 aromatic heterocycles. The van der Waals surface area contributed by atoms with Crippen molar-refractivity contribution in [3.63, 3.8) is 0 Å². The lowest BCUT2D eigenvalue weighted by Crippen LogP contribution is -2.12. The number of nitrogens with zero attached hydrogens (tertiary/aromatic N) is 1. The highest BCUT2D eigenvalue weighted by molar-refractivity contribution is 7.12. The lowest BCUT2D eigenvalue weighted by Gasteiger charge is -2.06. The summed E-state index contributed by atoms with van der Waals surface area (Å²) < 4.78 is 5.17. The second-order valence-electron chi connectivity index (χ2n) is 5.45. The quantitative estimate of drug-likeness (QED) is 0.716. The van der Waals surface area contributed by atoms with E-state index in [4.69, 9.17) is 4.74 Å². The number of H-pyrrole nitrogens is 1. The third kappa shape index (κ3) is 3.65. The number of nitrogens with one attached hydrogen (secondary N) is 2. The zero-order valence-corrected chi connectivity index (χ0v) is 14.4. The molecule has 0 radical (unpaired) electrons. The van der Waals surface area contributed by atoms with E-state index >= 15 is 0 Å². The molecule has 0 atom stereocenters. The molecule has 0 aliphatic rings. The second-order valence-corrected chi connectivity index (χ2v) is 6.40. The Morgan fingerprint density at radius 2 is 2.04 bits per heavy atom. The Hall–Kier alpha value is -2.60. The molecule has 3 aromatic rings. The van der Waals surface area contributed by atoms with E-state index in [1.807, 2.05) is 48.7 Å². The number of methoxy groups -OCH3 is 1. The predicted molar refractivity (Wildman–Crippen MR) is 96.0 cm³/mol. The average Bonchev–Trinajstić information content (AvgIpc) is 3.25. The number of aryl methyl sites for hydroxylation is 3. The number of ether oxygens (including phenoxy) is 1. The molecular weight excluding hydrogens is 322 g/mol. The third-order valence-electron chi connectivity index (χ3n) is 3.82. The van der Waals surface area contributed by atoms with Crippen LogP contribution in [0, 0.1) is 6.92 Å². The number of aromatic amines is 1. The van der Waals surface area contributed by atoms with Gasteiger partial charge in [-0.15, -0.1) is 11.3 Å². The van der Waals surface area contributed by atoms with Crippen LogP contribution in [0.4, 0.5) is 5.69 Å². The molecule has 6 heteroatoms. The topological polar surface area (TPSA) is 67.0 Å². The number of aromatic nitrogens is 2.